The van der Waals surface area contributed by atoms with E-state index < -0.39 is 55.9 Å². The lowest BCUT2D eigenvalue weighted by Crippen LogP contribution is -2.27. The zero-order valence-electron chi connectivity index (χ0n) is 24.8. The molecule has 0 radical (unpaired) electrons. The topological polar surface area (TPSA) is 114 Å². The van der Waals surface area contributed by atoms with Crippen LogP contribution in [-0.2, 0) is 23.2 Å². The van der Waals surface area contributed by atoms with Crippen LogP contribution in [0.5, 0.6) is 11.5 Å². The Hall–Kier alpha value is -3.75. The summed E-state index contributed by atoms with van der Waals surface area (Å²) in [7, 11) is -8.92. The molecule has 0 heterocycles. The lowest BCUT2D eigenvalue weighted by Gasteiger charge is -2.39. The minimum Gasteiger partial charge on any atom is -0.428 e. The summed E-state index contributed by atoms with van der Waals surface area (Å²) in [6, 6.07) is 18.7. The standard InChI is InChI=1S/C30H33F3O9S2/c1-28(2,3)40-26(34)38-21-12-10-16-24(18-21)44(23-14-8-7-9-15-23,42-43(36,37)20-30(31,32)33)25-17-11-13-22(19-25)39-27(35)41-29(4,5)6/h7-19H,20H2,1-6H3. The van der Waals surface area contributed by atoms with E-state index in [9.17, 15) is 31.2 Å². The number of hydrogen-bond donors (Lipinski definition) is 0. The van der Waals surface area contributed by atoms with E-state index in [1.807, 2.05) is 0 Å². The molecule has 0 amide bonds. The second kappa shape index (κ2) is 13.1. The molecule has 0 unspecified atom stereocenters. The predicted molar refractivity (Wildman–Crippen MR) is 156 cm³/mol. The number of ether oxygens (including phenoxy) is 4. The summed E-state index contributed by atoms with van der Waals surface area (Å²) in [5.74, 6) is -2.46. The summed E-state index contributed by atoms with van der Waals surface area (Å²) in [4.78, 5) is 25.1. The van der Waals surface area contributed by atoms with Crippen molar-refractivity contribution in [3.63, 3.8) is 0 Å². The number of hydrogen-bond acceptors (Lipinski definition) is 9. The average molecular weight is 659 g/mol. The van der Waals surface area contributed by atoms with Crippen molar-refractivity contribution in [2.24, 2.45) is 0 Å². The molecule has 14 heteroatoms. The summed E-state index contributed by atoms with van der Waals surface area (Å²) in [6.07, 6.45) is -7.24. The molecule has 0 spiro atoms. The Morgan fingerprint density at radius 1 is 0.636 bits per heavy atom. The van der Waals surface area contributed by atoms with Gasteiger partial charge in [0, 0.05) is 14.7 Å². The molecular weight excluding hydrogens is 625 g/mol. The van der Waals surface area contributed by atoms with Crippen LogP contribution in [0.4, 0.5) is 22.8 Å². The minimum atomic E-state index is -5.31. The van der Waals surface area contributed by atoms with Gasteiger partial charge >= 0.3 is 18.5 Å². The van der Waals surface area contributed by atoms with Crippen LogP contribution in [0.1, 0.15) is 41.5 Å². The first-order valence-electron chi connectivity index (χ1n) is 13.1. The van der Waals surface area contributed by atoms with Gasteiger partial charge in [-0.1, -0.05) is 30.3 Å². The van der Waals surface area contributed by atoms with Gasteiger partial charge in [0.25, 0.3) is 10.1 Å². The van der Waals surface area contributed by atoms with Crippen molar-refractivity contribution in [1.29, 1.82) is 0 Å². The fourth-order valence-electron chi connectivity index (χ4n) is 3.69. The highest BCUT2D eigenvalue weighted by Gasteiger charge is 2.43. The van der Waals surface area contributed by atoms with Crippen LogP contribution in [-0.4, -0.2) is 43.9 Å². The third-order valence-corrected chi connectivity index (χ3v) is 10.2. The van der Waals surface area contributed by atoms with Crippen molar-refractivity contribution in [3.05, 3.63) is 78.9 Å². The largest absolute Gasteiger partial charge is 0.514 e. The monoisotopic (exact) mass is 658 g/mol. The number of alkyl halides is 3. The van der Waals surface area contributed by atoms with Crippen molar-refractivity contribution in [2.45, 2.75) is 73.6 Å². The van der Waals surface area contributed by atoms with Crippen molar-refractivity contribution in [3.8, 4) is 11.5 Å². The van der Waals surface area contributed by atoms with Crippen LogP contribution in [0.2, 0.25) is 0 Å². The highest BCUT2D eigenvalue weighted by Crippen LogP contribution is 2.70. The molecule has 0 aliphatic carbocycles. The van der Waals surface area contributed by atoms with Gasteiger partial charge < -0.3 is 18.9 Å². The number of carbonyl (C=O) groups excluding carboxylic acids is 2. The molecule has 44 heavy (non-hydrogen) atoms. The molecule has 0 aliphatic heterocycles. The van der Waals surface area contributed by atoms with Crippen LogP contribution in [0.15, 0.2) is 93.5 Å². The quantitative estimate of drug-likeness (QED) is 0.174. The Labute approximate surface area is 255 Å². The van der Waals surface area contributed by atoms with E-state index in [0.29, 0.717) is 0 Å². The van der Waals surface area contributed by atoms with Gasteiger partial charge in [-0.05, 0) is 100 Å². The van der Waals surface area contributed by atoms with E-state index in [0.717, 1.165) is 0 Å². The van der Waals surface area contributed by atoms with Gasteiger partial charge in [-0.3, -0.25) is 0 Å². The summed E-state index contributed by atoms with van der Waals surface area (Å²) in [5.41, 5.74) is -1.78. The van der Waals surface area contributed by atoms with Gasteiger partial charge in [0.1, 0.15) is 22.7 Å². The van der Waals surface area contributed by atoms with Crippen LogP contribution < -0.4 is 9.47 Å². The zero-order valence-corrected chi connectivity index (χ0v) is 26.5. The molecule has 0 N–H and O–H groups in total. The van der Waals surface area contributed by atoms with Gasteiger partial charge in [-0.15, -0.1) is 0 Å². The Morgan fingerprint density at radius 2 is 1.05 bits per heavy atom. The first kappa shape index (κ1) is 34.7. The first-order valence-corrected chi connectivity index (χ1v) is 16.2. The summed E-state index contributed by atoms with van der Waals surface area (Å²) < 4.78 is 93.1. The highest BCUT2D eigenvalue weighted by atomic mass is 32.3. The second-order valence-corrected chi connectivity index (χ2v) is 15.8. The number of halogens is 3. The maximum atomic E-state index is 13.4. The maximum absolute atomic E-state index is 13.4. The van der Waals surface area contributed by atoms with Crippen LogP contribution >= 0.6 is 10.3 Å². The van der Waals surface area contributed by atoms with Crippen LogP contribution in [0, 0.1) is 0 Å². The zero-order chi connectivity index (χ0) is 33.0. The lowest BCUT2D eigenvalue weighted by atomic mass is 10.2. The van der Waals surface area contributed by atoms with Crippen molar-refractivity contribution in [2.75, 3.05) is 5.75 Å². The molecule has 0 saturated heterocycles. The fraction of sp³-hybridized carbons (Fsp3) is 0.333. The summed E-state index contributed by atoms with van der Waals surface area (Å²) >= 11 is 0. The van der Waals surface area contributed by atoms with E-state index in [-0.39, 0.29) is 26.2 Å². The molecule has 0 atom stereocenters. The van der Waals surface area contributed by atoms with Gasteiger partial charge in [-0.25, -0.2) is 13.2 Å². The van der Waals surface area contributed by atoms with Crippen molar-refractivity contribution in [1.82, 2.24) is 0 Å². The SMILES string of the molecule is CC(C)(C)OC(=O)Oc1cccc(S(OS(=O)(=O)CC(F)(F)F)(c2ccccc2)c2cccc(OC(=O)OC(C)(C)C)c2)c1. The molecule has 3 rings (SSSR count). The van der Waals surface area contributed by atoms with E-state index in [1.165, 1.54) is 60.7 Å². The average Bonchev–Trinajstić information content (AvgIpc) is 2.84. The van der Waals surface area contributed by atoms with Crippen molar-refractivity contribution < 1.29 is 53.8 Å². The molecule has 3 aromatic rings. The van der Waals surface area contributed by atoms with Crippen molar-refractivity contribution >= 4 is 32.7 Å². The highest BCUT2D eigenvalue weighted by molar-refractivity contribution is 8.33. The second-order valence-electron chi connectivity index (χ2n) is 11.3. The van der Waals surface area contributed by atoms with Crippen LogP contribution in [0.25, 0.3) is 0 Å². The van der Waals surface area contributed by atoms with Gasteiger partial charge in [-0.2, -0.15) is 21.6 Å². The Kier molecular flexibility index (Phi) is 10.3. The number of carbonyl (C=O) groups is 2. The van der Waals surface area contributed by atoms with Crippen LogP contribution in [0.3, 0.4) is 0 Å². The summed E-state index contributed by atoms with van der Waals surface area (Å²) in [6.45, 7) is 9.76. The predicted octanol–water partition coefficient (Wildman–Crippen LogP) is 8.42. The first-order chi connectivity index (χ1) is 20.2. The van der Waals surface area contributed by atoms with E-state index in [4.69, 9.17) is 22.6 Å². The summed E-state index contributed by atoms with van der Waals surface area (Å²) in [5, 5.41) is 0. The molecule has 9 nitrogen and oxygen atoms in total. The van der Waals surface area contributed by atoms with E-state index >= 15 is 0 Å². The Bertz CT molecular complexity index is 1500. The Balaban J connectivity index is 2.27. The molecule has 0 fully saturated rings. The molecule has 3 aromatic carbocycles. The minimum absolute atomic E-state index is 0.0462. The molecule has 0 saturated carbocycles. The Morgan fingerprint density at radius 3 is 1.43 bits per heavy atom. The lowest BCUT2D eigenvalue weighted by molar-refractivity contribution is -0.107. The van der Waals surface area contributed by atoms with E-state index in [1.54, 1.807) is 59.7 Å². The fourth-order valence-corrected chi connectivity index (χ4v) is 8.93. The number of rotatable bonds is 8. The van der Waals surface area contributed by atoms with Gasteiger partial charge in [0.15, 0.2) is 5.75 Å². The molecule has 0 aliphatic rings. The third kappa shape index (κ3) is 10.2. The van der Waals surface area contributed by atoms with Gasteiger partial charge in [0.05, 0.1) is 0 Å². The third-order valence-electron chi connectivity index (χ3n) is 5.08. The maximum Gasteiger partial charge on any atom is 0.514 e. The smallest absolute Gasteiger partial charge is 0.428 e. The van der Waals surface area contributed by atoms with E-state index in [2.05, 4.69) is 0 Å². The molecule has 240 valence electrons. The van der Waals surface area contributed by atoms with Gasteiger partial charge in [0.2, 0.25) is 0 Å². The molecule has 0 bridgehead atoms. The number of benzene rings is 3. The normalized spacial score (nSPS) is 13.1. The molecule has 0 aromatic heterocycles. The molecular formula is C30H33F3O9S2.